The second-order valence-electron chi connectivity index (χ2n) is 2.73. The maximum Gasteiger partial charge on any atom is 0.134 e. The van der Waals surface area contributed by atoms with Gasteiger partial charge in [-0.2, -0.15) is 0 Å². The topological polar surface area (TPSA) is 67.6 Å². The number of hydrogen-bond acceptors (Lipinski definition) is 4. The first-order valence-electron chi connectivity index (χ1n) is 4.02. The Kier molecular flexibility index (Phi) is 2.27. The number of hydrogen-bond donors (Lipinski definition) is 2. The molecule has 0 saturated carbocycles. The zero-order chi connectivity index (χ0) is 9.10. The van der Waals surface area contributed by atoms with E-state index in [1.807, 2.05) is 11.6 Å². The maximum atomic E-state index is 5.51. The molecule has 68 valence electrons. The van der Waals surface area contributed by atoms with Crippen molar-refractivity contribution in [3.05, 3.63) is 28.6 Å². The van der Waals surface area contributed by atoms with Gasteiger partial charge in [0, 0.05) is 18.0 Å². The molecule has 2 aromatic rings. The Bertz CT molecular complexity index is 365. The standard InChI is InChI=1S/C8H10N4S/c9-7-4-13-8(12-7)2-1-6-3-10-5-11-6/h3-5H,1-2,9H2,(H,10,11). The molecule has 0 atom stereocenters. The Labute approximate surface area is 79.8 Å². The molecule has 5 heteroatoms. The van der Waals surface area contributed by atoms with Gasteiger partial charge in [0.2, 0.25) is 0 Å². The summed E-state index contributed by atoms with van der Waals surface area (Å²) in [7, 11) is 0. The molecule has 2 heterocycles. The van der Waals surface area contributed by atoms with Crippen LogP contribution in [-0.4, -0.2) is 15.0 Å². The van der Waals surface area contributed by atoms with Crippen molar-refractivity contribution >= 4 is 17.2 Å². The number of aromatic amines is 1. The van der Waals surface area contributed by atoms with Gasteiger partial charge in [-0.25, -0.2) is 9.97 Å². The molecule has 0 radical (unpaired) electrons. The highest BCUT2D eigenvalue weighted by Gasteiger charge is 2.00. The van der Waals surface area contributed by atoms with Crippen LogP contribution >= 0.6 is 11.3 Å². The number of thiazole rings is 1. The highest BCUT2D eigenvalue weighted by molar-refractivity contribution is 7.10. The van der Waals surface area contributed by atoms with Gasteiger partial charge in [-0.3, -0.25) is 0 Å². The second-order valence-corrected chi connectivity index (χ2v) is 3.67. The van der Waals surface area contributed by atoms with Crippen molar-refractivity contribution in [3.8, 4) is 0 Å². The lowest BCUT2D eigenvalue weighted by molar-refractivity contribution is 0.914. The van der Waals surface area contributed by atoms with Gasteiger partial charge in [0.25, 0.3) is 0 Å². The summed E-state index contributed by atoms with van der Waals surface area (Å²) in [5.74, 6) is 0.613. The summed E-state index contributed by atoms with van der Waals surface area (Å²) in [6.45, 7) is 0. The molecule has 0 aromatic carbocycles. The van der Waals surface area contributed by atoms with Crippen LogP contribution in [0, 0.1) is 0 Å². The van der Waals surface area contributed by atoms with Crippen LogP contribution in [0.5, 0.6) is 0 Å². The second kappa shape index (κ2) is 3.57. The Morgan fingerprint density at radius 2 is 2.38 bits per heavy atom. The van der Waals surface area contributed by atoms with Gasteiger partial charge in [0.15, 0.2) is 0 Å². The van der Waals surface area contributed by atoms with Gasteiger partial charge in [0.05, 0.1) is 17.0 Å². The zero-order valence-electron chi connectivity index (χ0n) is 7.03. The molecule has 0 spiro atoms. The average Bonchev–Trinajstić information content (AvgIpc) is 2.71. The monoisotopic (exact) mass is 194 g/mol. The van der Waals surface area contributed by atoms with Crippen LogP contribution in [0.25, 0.3) is 0 Å². The first-order chi connectivity index (χ1) is 6.34. The van der Waals surface area contributed by atoms with E-state index in [4.69, 9.17) is 5.73 Å². The lowest BCUT2D eigenvalue weighted by Gasteiger charge is -1.91. The number of nitrogens with two attached hydrogens (primary N) is 1. The quantitative estimate of drug-likeness (QED) is 0.772. The van der Waals surface area contributed by atoms with Crippen molar-refractivity contribution in [3.63, 3.8) is 0 Å². The summed E-state index contributed by atoms with van der Waals surface area (Å²) in [5, 5.41) is 2.93. The first kappa shape index (κ1) is 8.25. The van der Waals surface area contributed by atoms with Crippen LogP contribution < -0.4 is 5.73 Å². The van der Waals surface area contributed by atoms with Gasteiger partial charge in [-0.05, 0) is 6.42 Å². The summed E-state index contributed by atoms with van der Waals surface area (Å²) in [6, 6.07) is 0. The van der Waals surface area contributed by atoms with Crippen LogP contribution in [0.3, 0.4) is 0 Å². The van der Waals surface area contributed by atoms with E-state index in [0.29, 0.717) is 5.82 Å². The van der Waals surface area contributed by atoms with E-state index in [2.05, 4.69) is 15.0 Å². The molecular formula is C8H10N4S. The van der Waals surface area contributed by atoms with Crippen LogP contribution in [-0.2, 0) is 12.8 Å². The average molecular weight is 194 g/mol. The van der Waals surface area contributed by atoms with Gasteiger partial charge < -0.3 is 10.7 Å². The number of nitrogens with one attached hydrogen (secondary N) is 1. The number of imidazole rings is 1. The largest absolute Gasteiger partial charge is 0.383 e. The molecule has 0 saturated heterocycles. The normalized spacial score (nSPS) is 10.5. The molecular weight excluding hydrogens is 184 g/mol. The molecule has 4 nitrogen and oxygen atoms in total. The first-order valence-corrected chi connectivity index (χ1v) is 4.90. The molecule has 0 fully saturated rings. The van der Waals surface area contributed by atoms with E-state index in [0.717, 1.165) is 23.5 Å². The predicted octanol–water partition coefficient (Wildman–Crippen LogP) is 1.23. The van der Waals surface area contributed by atoms with E-state index in [1.54, 1.807) is 17.7 Å². The highest BCUT2D eigenvalue weighted by atomic mass is 32.1. The Balaban J connectivity index is 1.93. The van der Waals surface area contributed by atoms with Crippen molar-refractivity contribution in [1.82, 2.24) is 15.0 Å². The summed E-state index contributed by atoms with van der Waals surface area (Å²) in [4.78, 5) is 11.2. The minimum atomic E-state index is 0.613. The number of aryl methyl sites for hydroxylation is 2. The molecule has 3 N–H and O–H groups in total. The molecule has 2 rings (SSSR count). The van der Waals surface area contributed by atoms with Gasteiger partial charge >= 0.3 is 0 Å². The van der Waals surface area contributed by atoms with Crippen LogP contribution in [0.4, 0.5) is 5.82 Å². The number of nitrogens with zero attached hydrogens (tertiary/aromatic N) is 2. The summed E-state index contributed by atoms with van der Waals surface area (Å²) in [6.07, 6.45) is 5.41. The van der Waals surface area contributed by atoms with E-state index in [9.17, 15) is 0 Å². The number of H-pyrrole nitrogens is 1. The maximum absolute atomic E-state index is 5.51. The lowest BCUT2D eigenvalue weighted by Crippen LogP contribution is -1.91. The van der Waals surface area contributed by atoms with Crippen molar-refractivity contribution in [2.45, 2.75) is 12.8 Å². The van der Waals surface area contributed by atoms with E-state index >= 15 is 0 Å². The molecule has 0 bridgehead atoms. The van der Waals surface area contributed by atoms with Crippen LogP contribution in [0.15, 0.2) is 17.9 Å². The Morgan fingerprint density at radius 3 is 3.00 bits per heavy atom. The fourth-order valence-electron chi connectivity index (χ4n) is 1.10. The smallest absolute Gasteiger partial charge is 0.134 e. The number of aromatic nitrogens is 3. The molecule has 0 aliphatic heterocycles. The van der Waals surface area contributed by atoms with Gasteiger partial charge in [-0.15, -0.1) is 11.3 Å². The van der Waals surface area contributed by atoms with Crippen LogP contribution in [0.1, 0.15) is 10.7 Å². The van der Waals surface area contributed by atoms with Crippen molar-refractivity contribution in [1.29, 1.82) is 0 Å². The summed E-state index contributed by atoms with van der Waals surface area (Å²) >= 11 is 1.60. The van der Waals surface area contributed by atoms with Gasteiger partial charge in [0.1, 0.15) is 5.82 Å². The van der Waals surface area contributed by atoms with E-state index in [1.165, 1.54) is 0 Å². The minimum Gasteiger partial charge on any atom is -0.383 e. The fourth-order valence-corrected chi connectivity index (χ4v) is 1.79. The Morgan fingerprint density at radius 1 is 1.46 bits per heavy atom. The third-order valence-corrected chi connectivity index (χ3v) is 2.65. The molecule has 2 aromatic heterocycles. The zero-order valence-corrected chi connectivity index (χ0v) is 7.84. The predicted molar refractivity (Wildman–Crippen MR) is 52.5 cm³/mol. The number of rotatable bonds is 3. The van der Waals surface area contributed by atoms with Crippen molar-refractivity contribution < 1.29 is 0 Å². The van der Waals surface area contributed by atoms with Crippen LogP contribution in [0.2, 0.25) is 0 Å². The van der Waals surface area contributed by atoms with Crippen molar-refractivity contribution in [2.24, 2.45) is 0 Å². The minimum absolute atomic E-state index is 0.613. The van der Waals surface area contributed by atoms with Crippen molar-refractivity contribution in [2.75, 3.05) is 5.73 Å². The third-order valence-electron chi connectivity index (χ3n) is 1.72. The molecule has 0 amide bonds. The third kappa shape index (κ3) is 2.06. The fraction of sp³-hybridized carbons (Fsp3) is 0.250. The highest BCUT2D eigenvalue weighted by Crippen LogP contribution is 2.12. The number of nitrogen functional groups attached to an aromatic ring is 1. The molecule has 13 heavy (non-hydrogen) atoms. The van der Waals surface area contributed by atoms with E-state index < -0.39 is 0 Å². The summed E-state index contributed by atoms with van der Waals surface area (Å²) in [5.41, 5.74) is 6.57. The molecule has 0 aliphatic rings. The van der Waals surface area contributed by atoms with E-state index in [-0.39, 0.29) is 0 Å². The number of anilines is 1. The lowest BCUT2D eigenvalue weighted by atomic mass is 10.2. The molecule has 0 aliphatic carbocycles. The Hall–Kier alpha value is -1.36. The summed E-state index contributed by atoms with van der Waals surface area (Å²) < 4.78 is 0. The SMILES string of the molecule is Nc1csc(CCc2c[nH]cn2)n1. The molecule has 0 unspecified atom stereocenters. The van der Waals surface area contributed by atoms with Gasteiger partial charge in [-0.1, -0.05) is 0 Å².